The van der Waals surface area contributed by atoms with E-state index in [1.165, 1.54) is 5.56 Å². The summed E-state index contributed by atoms with van der Waals surface area (Å²) < 4.78 is 5.36. The van der Waals surface area contributed by atoms with Crippen molar-refractivity contribution in [3.63, 3.8) is 0 Å². The van der Waals surface area contributed by atoms with E-state index >= 15 is 0 Å². The van der Waals surface area contributed by atoms with Crippen molar-refractivity contribution in [1.29, 1.82) is 0 Å². The summed E-state index contributed by atoms with van der Waals surface area (Å²) in [4.78, 5) is 0. The first-order valence-electron chi connectivity index (χ1n) is 5.69. The second-order valence-corrected chi connectivity index (χ2v) is 4.40. The van der Waals surface area contributed by atoms with E-state index in [9.17, 15) is 5.11 Å². The molecular weight excluding hydrogens is 216 g/mol. The van der Waals surface area contributed by atoms with Crippen LogP contribution >= 0.6 is 0 Å². The second-order valence-electron chi connectivity index (χ2n) is 4.40. The van der Waals surface area contributed by atoms with Crippen LogP contribution in [-0.4, -0.2) is 15.3 Å². The van der Waals surface area contributed by atoms with Gasteiger partial charge in [0.05, 0.1) is 0 Å². The van der Waals surface area contributed by atoms with E-state index in [2.05, 4.69) is 24.0 Å². The van der Waals surface area contributed by atoms with Crippen LogP contribution in [0.25, 0.3) is 11.5 Å². The molecule has 0 bridgehead atoms. The van der Waals surface area contributed by atoms with Crippen LogP contribution in [0.4, 0.5) is 0 Å². The molecule has 90 valence electrons. The highest BCUT2D eigenvalue weighted by Gasteiger charge is 2.12. The van der Waals surface area contributed by atoms with Crippen LogP contribution in [0, 0.1) is 0 Å². The Morgan fingerprint density at radius 1 is 1.06 bits per heavy atom. The molecule has 4 heteroatoms. The molecule has 1 N–H and O–H groups in total. The highest BCUT2D eigenvalue weighted by molar-refractivity contribution is 5.53. The summed E-state index contributed by atoms with van der Waals surface area (Å²) in [7, 11) is 0. The van der Waals surface area contributed by atoms with Crippen molar-refractivity contribution in [3.8, 4) is 11.5 Å². The SMILES string of the molecule is CC(C)c1ccc(-c2nnc(C(C)O)o2)cc1. The lowest BCUT2D eigenvalue weighted by molar-refractivity contribution is 0.163. The highest BCUT2D eigenvalue weighted by atomic mass is 16.4. The molecule has 0 amide bonds. The Kier molecular flexibility index (Phi) is 3.24. The number of nitrogens with zero attached hydrogens (tertiary/aromatic N) is 2. The van der Waals surface area contributed by atoms with Crippen LogP contribution in [0.5, 0.6) is 0 Å². The van der Waals surface area contributed by atoms with Gasteiger partial charge in [-0.1, -0.05) is 26.0 Å². The van der Waals surface area contributed by atoms with Gasteiger partial charge in [-0.05, 0) is 30.5 Å². The van der Waals surface area contributed by atoms with Crippen LogP contribution in [0.3, 0.4) is 0 Å². The third-order valence-electron chi connectivity index (χ3n) is 2.62. The van der Waals surface area contributed by atoms with Crippen LogP contribution in [0.15, 0.2) is 28.7 Å². The zero-order valence-electron chi connectivity index (χ0n) is 10.2. The van der Waals surface area contributed by atoms with Crippen LogP contribution in [-0.2, 0) is 0 Å². The normalized spacial score (nSPS) is 13.0. The molecule has 0 radical (unpaired) electrons. The van der Waals surface area contributed by atoms with Gasteiger partial charge in [-0.2, -0.15) is 0 Å². The van der Waals surface area contributed by atoms with Gasteiger partial charge < -0.3 is 9.52 Å². The maximum Gasteiger partial charge on any atom is 0.247 e. The molecule has 4 nitrogen and oxygen atoms in total. The van der Waals surface area contributed by atoms with Crippen LogP contribution < -0.4 is 0 Å². The summed E-state index contributed by atoms with van der Waals surface area (Å²) in [5.41, 5.74) is 2.14. The molecule has 1 unspecified atom stereocenters. The Balaban J connectivity index is 2.27. The maximum atomic E-state index is 9.30. The van der Waals surface area contributed by atoms with E-state index in [4.69, 9.17) is 4.42 Å². The Morgan fingerprint density at radius 2 is 1.71 bits per heavy atom. The third kappa shape index (κ3) is 2.53. The van der Waals surface area contributed by atoms with Gasteiger partial charge in [-0.25, -0.2) is 0 Å². The molecule has 17 heavy (non-hydrogen) atoms. The molecule has 0 saturated carbocycles. The van der Waals surface area contributed by atoms with E-state index in [1.54, 1.807) is 6.92 Å². The third-order valence-corrected chi connectivity index (χ3v) is 2.62. The lowest BCUT2D eigenvalue weighted by atomic mass is 10.0. The standard InChI is InChI=1S/C13H16N2O2/c1-8(2)10-4-6-11(7-5-10)13-15-14-12(17-13)9(3)16/h4-9,16H,1-3H3. The number of aliphatic hydroxyl groups excluding tert-OH is 1. The number of rotatable bonds is 3. The van der Waals surface area contributed by atoms with Crippen molar-refractivity contribution in [3.05, 3.63) is 35.7 Å². The van der Waals surface area contributed by atoms with E-state index in [1.807, 2.05) is 24.3 Å². The van der Waals surface area contributed by atoms with E-state index in [0.717, 1.165) is 5.56 Å². The van der Waals surface area contributed by atoms with Gasteiger partial charge in [0.2, 0.25) is 11.8 Å². The summed E-state index contributed by atoms with van der Waals surface area (Å²) in [6, 6.07) is 8.00. The molecule has 1 aromatic heterocycles. The summed E-state index contributed by atoms with van der Waals surface area (Å²) in [5.74, 6) is 1.18. The summed E-state index contributed by atoms with van der Waals surface area (Å²) in [6.45, 7) is 5.89. The lowest BCUT2D eigenvalue weighted by Crippen LogP contribution is -1.89. The van der Waals surface area contributed by atoms with Crippen molar-refractivity contribution in [2.45, 2.75) is 32.8 Å². The van der Waals surface area contributed by atoms with Crippen molar-refractivity contribution < 1.29 is 9.52 Å². The topological polar surface area (TPSA) is 59.2 Å². The van der Waals surface area contributed by atoms with Crippen molar-refractivity contribution >= 4 is 0 Å². The first-order chi connectivity index (χ1) is 8.08. The molecular formula is C13H16N2O2. The minimum atomic E-state index is -0.730. The number of aromatic nitrogens is 2. The monoisotopic (exact) mass is 232 g/mol. The van der Waals surface area contributed by atoms with Gasteiger partial charge in [0, 0.05) is 5.56 Å². The van der Waals surface area contributed by atoms with E-state index < -0.39 is 6.10 Å². The smallest absolute Gasteiger partial charge is 0.247 e. The highest BCUT2D eigenvalue weighted by Crippen LogP contribution is 2.23. The fourth-order valence-corrected chi connectivity index (χ4v) is 1.53. The quantitative estimate of drug-likeness (QED) is 0.883. The minimum absolute atomic E-state index is 0.243. The van der Waals surface area contributed by atoms with Gasteiger partial charge in [-0.3, -0.25) is 0 Å². The minimum Gasteiger partial charge on any atom is -0.418 e. The van der Waals surface area contributed by atoms with E-state index in [-0.39, 0.29) is 5.89 Å². The molecule has 0 spiro atoms. The average molecular weight is 232 g/mol. The average Bonchev–Trinajstić information content (AvgIpc) is 2.78. The molecule has 0 aliphatic heterocycles. The fourth-order valence-electron chi connectivity index (χ4n) is 1.53. The first kappa shape index (κ1) is 11.8. The zero-order valence-corrected chi connectivity index (χ0v) is 10.2. The molecule has 1 atom stereocenters. The summed E-state index contributed by atoms with van der Waals surface area (Å²) in [6.07, 6.45) is -0.730. The number of benzene rings is 1. The number of aliphatic hydroxyl groups is 1. The number of hydrogen-bond acceptors (Lipinski definition) is 4. The molecule has 0 saturated heterocycles. The second kappa shape index (κ2) is 4.67. The van der Waals surface area contributed by atoms with Crippen molar-refractivity contribution in [2.24, 2.45) is 0 Å². The summed E-state index contributed by atoms with van der Waals surface area (Å²) in [5, 5.41) is 17.0. The molecule has 1 aromatic carbocycles. The largest absolute Gasteiger partial charge is 0.418 e. The van der Waals surface area contributed by atoms with E-state index in [0.29, 0.717) is 11.8 Å². The van der Waals surface area contributed by atoms with Gasteiger partial charge >= 0.3 is 0 Å². The predicted octanol–water partition coefficient (Wildman–Crippen LogP) is 2.91. The van der Waals surface area contributed by atoms with Crippen LogP contribution in [0.2, 0.25) is 0 Å². The molecule has 0 fully saturated rings. The first-order valence-corrected chi connectivity index (χ1v) is 5.69. The van der Waals surface area contributed by atoms with Crippen molar-refractivity contribution in [2.75, 3.05) is 0 Å². The Hall–Kier alpha value is -1.68. The Labute approximate surface area is 100 Å². The Bertz CT molecular complexity index is 486. The maximum absolute atomic E-state index is 9.30. The lowest BCUT2D eigenvalue weighted by Gasteiger charge is -2.04. The molecule has 1 heterocycles. The van der Waals surface area contributed by atoms with Crippen LogP contribution in [0.1, 0.15) is 44.2 Å². The summed E-state index contributed by atoms with van der Waals surface area (Å²) >= 11 is 0. The van der Waals surface area contributed by atoms with Gasteiger partial charge in [0.1, 0.15) is 6.10 Å². The molecule has 0 aliphatic rings. The van der Waals surface area contributed by atoms with Gasteiger partial charge in [0.15, 0.2) is 0 Å². The fraction of sp³-hybridized carbons (Fsp3) is 0.385. The molecule has 2 rings (SSSR count). The van der Waals surface area contributed by atoms with Gasteiger partial charge in [-0.15, -0.1) is 10.2 Å². The number of hydrogen-bond donors (Lipinski definition) is 1. The predicted molar refractivity (Wildman–Crippen MR) is 64.5 cm³/mol. The molecule has 0 aliphatic carbocycles. The molecule has 2 aromatic rings. The Morgan fingerprint density at radius 3 is 2.18 bits per heavy atom. The zero-order chi connectivity index (χ0) is 12.4. The van der Waals surface area contributed by atoms with Gasteiger partial charge in [0.25, 0.3) is 0 Å². The van der Waals surface area contributed by atoms with Crippen molar-refractivity contribution in [1.82, 2.24) is 10.2 Å².